The third-order valence-corrected chi connectivity index (χ3v) is 13.0. The van der Waals surface area contributed by atoms with Crippen molar-refractivity contribution < 1.29 is 28.0 Å². The second-order valence-electron chi connectivity index (χ2n) is 16.9. The SMILES string of the molecule is O=C1CCC(Nc2ccc(C3CCN(C[C@H]4CC[C@H](C(=O)N5CCC(Nc6ncc(F)c(-c7cccc(N8CCCCC8=O)c7)n6)CC5)CC4)CC3)c(F)c2)C(=O)N1. The van der Waals surface area contributed by atoms with Crippen molar-refractivity contribution in [2.24, 2.45) is 11.8 Å². The Morgan fingerprint density at radius 2 is 1.60 bits per heavy atom. The summed E-state index contributed by atoms with van der Waals surface area (Å²) < 4.78 is 30.2. The van der Waals surface area contributed by atoms with E-state index in [0.717, 1.165) is 95.1 Å². The second-order valence-corrected chi connectivity index (χ2v) is 16.9. The summed E-state index contributed by atoms with van der Waals surface area (Å²) in [5.41, 5.74) is 2.80. The highest BCUT2D eigenvalue weighted by Crippen LogP contribution is 2.35. The van der Waals surface area contributed by atoms with Gasteiger partial charge in [-0.25, -0.2) is 18.7 Å². The van der Waals surface area contributed by atoms with Gasteiger partial charge in [-0.2, -0.15) is 0 Å². The number of rotatable bonds is 10. The molecule has 0 bridgehead atoms. The first-order chi connectivity index (χ1) is 28.2. The second kappa shape index (κ2) is 17.9. The molecule has 5 aliphatic rings. The van der Waals surface area contributed by atoms with Crippen molar-refractivity contribution in [2.45, 2.75) is 101 Å². The minimum Gasteiger partial charge on any atom is -0.374 e. The molecule has 1 unspecified atom stereocenters. The van der Waals surface area contributed by atoms with Crippen molar-refractivity contribution >= 4 is 41.0 Å². The molecule has 308 valence electrons. The van der Waals surface area contributed by atoms with Crippen LogP contribution in [0.5, 0.6) is 0 Å². The first kappa shape index (κ1) is 39.8. The largest absolute Gasteiger partial charge is 0.374 e. The number of hydrogen-bond acceptors (Lipinski definition) is 9. The molecular weight excluding hydrogens is 743 g/mol. The average Bonchev–Trinajstić information content (AvgIpc) is 3.23. The Bertz CT molecular complexity index is 1990. The zero-order valence-corrected chi connectivity index (χ0v) is 33.1. The third kappa shape index (κ3) is 9.32. The molecule has 0 spiro atoms. The fourth-order valence-electron chi connectivity index (χ4n) is 9.59. The topological polar surface area (TPSA) is 140 Å². The van der Waals surface area contributed by atoms with Gasteiger partial charge in [0.15, 0.2) is 5.82 Å². The molecule has 12 nitrogen and oxygen atoms in total. The van der Waals surface area contributed by atoms with Crippen molar-refractivity contribution in [3.8, 4) is 11.3 Å². The predicted molar refractivity (Wildman–Crippen MR) is 217 cm³/mol. The fraction of sp³-hybridized carbons (Fsp3) is 0.545. The molecule has 0 radical (unpaired) electrons. The van der Waals surface area contributed by atoms with Crippen LogP contribution in [0.25, 0.3) is 11.3 Å². The van der Waals surface area contributed by atoms with Crippen LogP contribution in [0.2, 0.25) is 0 Å². The van der Waals surface area contributed by atoms with Gasteiger partial charge < -0.3 is 25.3 Å². The van der Waals surface area contributed by atoms with E-state index >= 15 is 4.39 Å². The van der Waals surface area contributed by atoms with E-state index in [9.17, 15) is 23.6 Å². The number of benzene rings is 2. The maximum Gasteiger partial charge on any atom is 0.249 e. The number of amides is 4. The number of carbonyl (C=O) groups is 4. The van der Waals surface area contributed by atoms with E-state index in [1.165, 1.54) is 12.3 Å². The highest BCUT2D eigenvalue weighted by Gasteiger charge is 2.34. The molecule has 14 heteroatoms. The summed E-state index contributed by atoms with van der Waals surface area (Å²) in [5, 5.41) is 8.78. The molecular formula is C44H54F2N8O4. The first-order valence-electron chi connectivity index (χ1n) is 21.3. The molecule has 5 heterocycles. The highest BCUT2D eigenvalue weighted by molar-refractivity contribution is 6.01. The van der Waals surface area contributed by atoms with E-state index in [1.54, 1.807) is 11.0 Å². The molecule has 5 fully saturated rings. The number of hydrogen-bond donors (Lipinski definition) is 3. The van der Waals surface area contributed by atoms with Gasteiger partial charge in [-0.15, -0.1) is 0 Å². The Morgan fingerprint density at radius 3 is 2.34 bits per heavy atom. The molecule has 2 aromatic carbocycles. The van der Waals surface area contributed by atoms with Gasteiger partial charge in [0.2, 0.25) is 29.6 Å². The molecule has 1 saturated carbocycles. The maximum absolute atomic E-state index is 15.2. The first-order valence-corrected chi connectivity index (χ1v) is 21.3. The van der Waals surface area contributed by atoms with Gasteiger partial charge in [-0.05, 0) is 125 Å². The normalized spacial score (nSPS) is 24.1. The van der Waals surface area contributed by atoms with Gasteiger partial charge in [-0.1, -0.05) is 18.2 Å². The van der Waals surface area contributed by atoms with E-state index in [-0.39, 0.29) is 59.4 Å². The minimum absolute atomic E-state index is 0.0564. The number of anilines is 3. The molecule has 1 aliphatic carbocycles. The number of imide groups is 1. The van der Waals surface area contributed by atoms with Crippen molar-refractivity contribution in [3.05, 3.63) is 65.9 Å². The van der Waals surface area contributed by atoms with Crippen LogP contribution in [0.1, 0.15) is 95.0 Å². The molecule has 4 amide bonds. The Balaban J connectivity index is 0.755. The lowest BCUT2D eigenvalue weighted by molar-refractivity contribution is -0.138. The lowest BCUT2D eigenvalue weighted by Crippen LogP contribution is -2.47. The quantitative estimate of drug-likeness (QED) is 0.204. The van der Waals surface area contributed by atoms with Crippen LogP contribution in [-0.4, -0.2) is 94.7 Å². The molecule has 1 aromatic heterocycles. The Labute approximate surface area is 338 Å². The van der Waals surface area contributed by atoms with E-state index in [4.69, 9.17) is 0 Å². The standard InChI is InChI=1S/C44H54F2N8O4/c45-36-25-33(48-38-13-14-39(55)50-42(38)57)11-12-35(36)29-15-20-52(21-16-29)27-28-7-9-30(10-8-28)43(58)53-22-17-32(18-23-53)49-44-47-26-37(46)41(51-44)31-4-3-5-34(24-31)54-19-2-1-6-40(54)56/h3-5,11-12,24-26,28-30,32,38,48H,1-2,6-10,13-23,27H2,(H,47,49,51)(H,50,55,57)/t28-,30-,38?. The summed E-state index contributed by atoms with van der Waals surface area (Å²) in [7, 11) is 0. The zero-order valence-electron chi connectivity index (χ0n) is 33.1. The van der Waals surface area contributed by atoms with Crippen LogP contribution in [-0.2, 0) is 19.2 Å². The van der Waals surface area contributed by atoms with Crippen molar-refractivity contribution in [1.29, 1.82) is 0 Å². The highest BCUT2D eigenvalue weighted by atomic mass is 19.1. The van der Waals surface area contributed by atoms with Crippen LogP contribution < -0.4 is 20.9 Å². The van der Waals surface area contributed by atoms with Crippen molar-refractivity contribution in [3.63, 3.8) is 0 Å². The van der Waals surface area contributed by atoms with Gasteiger partial charge in [0.1, 0.15) is 17.6 Å². The van der Waals surface area contributed by atoms with E-state index < -0.39 is 11.9 Å². The van der Waals surface area contributed by atoms with Crippen LogP contribution in [0.15, 0.2) is 48.7 Å². The molecule has 4 saturated heterocycles. The van der Waals surface area contributed by atoms with Gasteiger partial charge in [0.25, 0.3) is 0 Å². The molecule has 3 aromatic rings. The van der Waals surface area contributed by atoms with Crippen molar-refractivity contribution in [1.82, 2.24) is 25.1 Å². The van der Waals surface area contributed by atoms with Crippen LogP contribution >= 0.6 is 0 Å². The number of piperidine rings is 4. The molecule has 1 atom stereocenters. The number of likely N-dealkylation sites (tertiary alicyclic amines) is 2. The van der Waals surface area contributed by atoms with E-state index in [0.29, 0.717) is 55.6 Å². The Kier molecular flexibility index (Phi) is 12.3. The third-order valence-electron chi connectivity index (χ3n) is 13.0. The van der Waals surface area contributed by atoms with Gasteiger partial charge >= 0.3 is 0 Å². The molecule has 8 rings (SSSR count). The van der Waals surface area contributed by atoms with Crippen molar-refractivity contribution in [2.75, 3.05) is 54.8 Å². The number of carbonyl (C=O) groups excluding carboxylic acids is 4. The monoisotopic (exact) mass is 796 g/mol. The van der Waals surface area contributed by atoms with E-state index in [2.05, 4.69) is 30.8 Å². The lowest BCUT2D eigenvalue weighted by Gasteiger charge is -2.38. The summed E-state index contributed by atoms with van der Waals surface area (Å²) >= 11 is 0. The summed E-state index contributed by atoms with van der Waals surface area (Å²) in [5.74, 6) is 0.0161. The minimum atomic E-state index is -0.544. The summed E-state index contributed by atoms with van der Waals surface area (Å²) in [4.78, 5) is 64.7. The van der Waals surface area contributed by atoms with Crippen LogP contribution in [0.4, 0.5) is 26.1 Å². The number of nitrogens with one attached hydrogen (secondary N) is 3. The summed E-state index contributed by atoms with van der Waals surface area (Å²) in [6.07, 6.45) is 11.4. The molecule has 4 aliphatic heterocycles. The van der Waals surface area contributed by atoms with Gasteiger partial charge in [0, 0.05) is 67.9 Å². The number of nitrogens with zero attached hydrogens (tertiary/aromatic N) is 5. The predicted octanol–water partition coefficient (Wildman–Crippen LogP) is 6.24. The Hall–Kier alpha value is -4.98. The number of halogens is 2. The van der Waals surface area contributed by atoms with Gasteiger partial charge in [-0.3, -0.25) is 24.5 Å². The molecule has 58 heavy (non-hydrogen) atoms. The lowest BCUT2D eigenvalue weighted by atomic mass is 9.80. The summed E-state index contributed by atoms with van der Waals surface area (Å²) in [6, 6.07) is 12.0. The maximum atomic E-state index is 15.2. The summed E-state index contributed by atoms with van der Waals surface area (Å²) in [6.45, 7) is 4.82. The van der Waals surface area contributed by atoms with Gasteiger partial charge in [0.05, 0.1) is 6.20 Å². The van der Waals surface area contributed by atoms with Crippen LogP contribution in [0, 0.1) is 23.5 Å². The zero-order chi connectivity index (χ0) is 40.2. The fourth-order valence-corrected chi connectivity index (χ4v) is 9.59. The molecule has 3 N–H and O–H groups in total. The van der Waals surface area contributed by atoms with Crippen LogP contribution in [0.3, 0.4) is 0 Å². The average molecular weight is 797 g/mol. The number of aromatic nitrogens is 2. The smallest absolute Gasteiger partial charge is 0.249 e. The Morgan fingerprint density at radius 1 is 0.810 bits per heavy atom. The van der Waals surface area contributed by atoms with E-state index in [1.807, 2.05) is 35.2 Å².